The molecule has 0 radical (unpaired) electrons. The van der Waals surface area contributed by atoms with E-state index in [0.717, 1.165) is 55.4 Å². The molecule has 3 heterocycles. The Labute approximate surface area is 341 Å². The van der Waals surface area contributed by atoms with Crippen molar-refractivity contribution < 1.29 is 0 Å². The van der Waals surface area contributed by atoms with Crippen LogP contribution in [0.2, 0.25) is 0 Å². The molecule has 0 spiro atoms. The summed E-state index contributed by atoms with van der Waals surface area (Å²) in [5, 5.41) is 4.71. The number of aromatic nitrogens is 5. The number of nitrogens with zero attached hydrogens (tertiary/aromatic N) is 5. The zero-order valence-electron chi connectivity index (χ0n) is 31.9. The summed E-state index contributed by atoms with van der Waals surface area (Å²) >= 11 is 0. The van der Waals surface area contributed by atoms with Gasteiger partial charge in [-0.1, -0.05) is 152 Å². The molecule has 11 rings (SSSR count). The first kappa shape index (κ1) is 34.2. The second-order valence-corrected chi connectivity index (χ2v) is 14.7. The van der Waals surface area contributed by atoms with Crippen LogP contribution < -0.4 is 0 Å². The molecule has 0 aliphatic heterocycles. The SMILES string of the molecule is c1ccc(-c2nc(-c3cccc(-c4ccncc4)c3)nc(-c3ccc(-c4ccc(-c5ccc6c7ccccc7n(-c7ccccc7)c6c5)cc4)c4ccccc34)n2)cc1. The van der Waals surface area contributed by atoms with Crippen LogP contribution in [0.25, 0.3) is 106 Å². The van der Waals surface area contributed by atoms with Crippen molar-refractivity contribution >= 4 is 32.6 Å². The molecule has 0 fully saturated rings. The van der Waals surface area contributed by atoms with Gasteiger partial charge in [0.05, 0.1) is 11.0 Å². The monoisotopic (exact) mass is 753 g/mol. The minimum absolute atomic E-state index is 0.621. The molecule has 0 aliphatic rings. The Hall–Kier alpha value is -8.02. The van der Waals surface area contributed by atoms with Crippen molar-refractivity contribution in [3.8, 4) is 73.2 Å². The van der Waals surface area contributed by atoms with Crippen LogP contribution in [-0.4, -0.2) is 24.5 Å². The number of rotatable bonds is 7. The zero-order valence-corrected chi connectivity index (χ0v) is 31.9. The molecule has 59 heavy (non-hydrogen) atoms. The fourth-order valence-electron chi connectivity index (χ4n) is 8.32. The van der Waals surface area contributed by atoms with Crippen LogP contribution in [0.4, 0.5) is 0 Å². The van der Waals surface area contributed by atoms with Crippen LogP contribution in [0.3, 0.4) is 0 Å². The van der Waals surface area contributed by atoms with E-state index in [9.17, 15) is 0 Å². The van der Waals surface area contributed by atoms with Gasteiger partial charge in [-0.25, -0.2) is 15.0 Å². The lowest BCUT2D eigenvalue weighted by Crippen LogP contribution is -2.01. The van der Waals surface area contributed by atoms with E-state index in [2.05, 4.69) is 167 Å². The lowest BCUT2D eigenvalue weighted by Gasteiger charge is -2.14. The predicted octanol–water partition coefficient (Wildman–Crippen LogP) is 13.5. The van der Waals surface area contributed by atoms with E-state index in [0.29, 0.717) is 17.5 Å². The third-order valence-corrected chi connectivity index (χ3v) is 11.2. The van der Waals surface area contributed by atoms with Crippen molar-refractivity contribution in [2.45, 2.75) is 0 Å². The normalized spacial score (nSPS) is 11.4. The van der Waals surface area contributed by atoms with Gasteiger partial charge >= 0.3 is 0 Å². The highest BCUT2D eigenvalue weighted by Crippen LogP contribution is 2.38. The van der Waals surface area contributed by atoms with Crippen molar-refractivity contribution in [3.05, 3.63) is 213 Å². The lowest BCUT2D eigenvalue weighted by atomic mass is 9.93. The van der Waals surface area contributed by atoms with Crippen molar-refractivity contribution in [2.24, 2.45) is 0 Å². The highest BCUT2D eigenvalue weighted by molar-refractivity contribution is 6.10. The molecule has 11 aromatic rings. The Bertz CT molecular complexity index is 3300. The second kappa shape index (κ2) is 14.5. The zero-order chi connectivity index (χ0) is 39.1. The number of pyridine rings is 1. The van der Waals surface area contributed by atoms with Gasteiger partial charge in [0.1, 0.15) is 0 Å². The molecule has 5 heteroatoms. The molecular formula is C54H35N5. The third kappa shape index (κ3) is 6.22. The van der Waals surface area contributed by atoms with Gasteiger partial charge in [-0.3, -0.25) is 4.98 Å². The summed E-state index contributed by atoms with van der Waals surface area (Å²) in [5.74, 6) is 1.88. The van der Waals surface area contributed by atoms with Crippen LogP contribution >= 0.6 is 0 Å². The highest BCUT2D eigenvalue weighted by Gasteiger charge is 2.17. The molecule has 5 nitrogen and oxygen atoms in total. The summed E-state index contributed by atoms with van der Waals surface area (Å²) in [5.41, 5.74) is 13.2. The van der Waals surface area contributed by atoms with Gasteiger partial charge < -0.3 is 4.57 Å². The Balaban J connectivity index is 0.992. The van der Waals surface area contributed by atoms with Crippen molar-refractivity contribution in [3.63, 3.8) is 0 Å². The summed E-state index contributed by atoms with van der Waals surface area (Å²) < 4.78 is 2.37. The van der Waals surface area contributed by atoms with E-state index in [4.69, 9.17) is 15.0 Å². The van der Waals surface area contributed by atoms with Crippen LogP contribution in [0, 0.1) is 0 Å². The first-order valence-corrected chi connectivity index (χ1v) is 19.8. The van der Waals surface area contributed by atoms with Crippen molar-refractivity contribution in [1.29, 1.82) is 0 Å². The number of fused-ring (bicyclic) bond motifs is 4. The minimum atomic E-state index is 0.621. The van der Waals surface area contributed by atoms with Gasteiger partial charge in [0.25, 0.3) is 0 Å². The van der Waals surface area contributed by atoms with E-state index >= 15 is 0 Å². The molecule has 0 aliphatic carbocycles. The second-order valence-electron chi connectivity index (χ2n) is 14.7. The van der Waals surface area contributed by atoms with Gasteiger partial charge in [-0.2, -0.15) is 0 Å². The van der Waals surface area contributed by atoms with Crippen molar-refractivity contribution in [1.82, 2.24) is 24.5 Å². The molecule has 0 saturated heterocycles. The van der Waals surface area contributed by atoms with Gasteiger partial charge in [-0.05, 0) is 92.7 Å². The smallest absolute Gasteiger partial charge is 0.164 e. The summed E-state index contributed by atoms with van der Waals surface area (Å²) in [7, 11) is 0. The van der Waals surface area contributed by atoms with Gasteiger partial charge in [0.15, 0.2) is 17.5 Å². The number of benzene rings is 8. The molecule has 0 atom stereocenters. The number of hydrogen-bond donors (Lipinski definition) is 0. The van der Waals surface area contributed by atoms with Crippen LogP contribution in [0.5, 0.6) is 0 Å². The fraction of sp³-hybridized carbons (Fsp3) is 0. The fourth-order valence-corrected chi connectivity index (χ4v) is 8.32. The Morgan fingerprint density at radius 1 is 0.288 bits per heavy atom. The lowest BCUT2D eigenvalue weighted by molar-refractivity contribution is 1.08. The summed E-state index contributed by atoms with van der Waals surface area (Å²) in [6.07, 6.45) is 3.62. The molecule has 0 bridgehead atoms. The summed E-state index contributed by atoms with van der Waals surface area (Å²) in [6.45, 7) is 0. The Morgan fingerprint density at radius 2 is 0.814 bits per heavy atom. The van der Waals surface area contributed by atoms with E-state index in [1.54, 1.807) is 0 Å². The average molecular weight is 754 g/mol. The van der Waals surface area contributed by atoms with Gasteiger partial charge in [0, 0.05) is 45.5 Å². The Morgan fingerprint density at radius 3 is 1.59 bits per heavy atom. The Kier molecular flexibility index (Phi) is 8.41. The first-order chi connectivity index (χ1) is 29.2. The van der Waals surface area contributed by atoms with Crippen LogP contribution in [-0.2, 0) is 0 Å². The number of hydrogen-bond acceptors (Lipinski definition) is 4. The van der Waals surface area contributed by atoms with E-state index in [1.165, 1.54) is 32.9 Å². The molecule has 276 valence electrons. The van der Waals surface area contributed by atoms with Gasteiger partial charge in [-0.15, -0.1) is 0 Å². The molecule has 0 N–H and O–H groups in total. The van der Waals surface area contributed by atoms with Crippen LogP contribution in [0.1, 0.15) is 0 Å². The third-order valence-electron chi connectivity index (χ3n) is 11.2. The minimum Gasteiger partial charge on any atom is -0.309 e. The standard InChI is InChI=1S/C54H35N5/c1-3-12-39(13-4-1)52-56-53(42-15-11-14-40(34-42)37-30-32-55-33-31-37)58-54(57-52)49-29-28-44(45-18-7-8-19-46(45)49)38-24-22-36(23-25-38)41-26-27-48-47-20-9-10-21-50(47)59(51(48)35-41)43-16-5-2-6-17-43/h1-35H. The average Bonchev–Trinajstić information content (AvgIpc) is 3.66. The maximum Gasteiger partial charge on any atom is 0.164 e. The molecule has 0 unspecified atom stereocenters. The predicted molar refractivity (Wildman–Crippen MR) is 242 cm³/mol. The summed E-state index contributed by atoms with van der Waals surface area (Å²) in [4.78, 5) is 19.5. The van der Waals surface area contributed by atoms with E-state index in [-0.39, 0.29) is 0 Å². The topological polar surface area (TPSA) is 56.5 Å². The van der Waals surface area contributed by atoms with E-state index in [1.807, 2.05) is 54.9 Å². The summed E-state index contributed by atoms with van der Waals surface area (Å²) in [6, 6.07) is 70.4. The molecule has 0 saturated carbocycles. The van der Waals surface area contributed by atoms with Crippen LogP contribution in [0.15, 0.2) is 213 Å². The molecule has 8 aromatic carbocycles. The van der Waals surface area contributed by atoms with Gasteiger partial charge in [0.2, 0.25) is 0 Å². The molecular weight excluding hydrogens is 719 g/mol. The highest BCUT2D eigenvalue weighted by atomic mass is 15.0. The molecule has 0 amide bonds. The quantitative estimate of drug-likeness (QED) is 0.163. The molecule has 3 aromatic heterocycles. The first-order valence-electron chi connectivity index (χ1n) is 19.8. The maximum atomic E-state index is 5.16. The largest absolute Gasteiger partial charge is 0.309 e. The van der Waals surface area contributed by atoms with Crippen molar-refractivity contribution in [2.75, 3.05) is 0 Å². The maximum absolute atomic E-state index is 5.16. The number of para-hydroxylation sites is 2. The van der Waals surface area contributed by atoms with E-state index < -0.39 is 0 Å².